The zero-order chi connectivity index (χ0) is 20.1. The molecule has 2 aromatic heterocycles. The number of benzene rings is 1. The molecule has 1 N–H and O–H groups in total. The summed E-state index contributed by atoms with van der Waals surface area (Å²) in [6, 6.07) is 10.7. The molecule has 0 saturated carbocycles. The third-order valence-corrected chi connectivity index (χ3v) is 5.19. The van der Waals surface area contributed by atoms with Crippen molar-refractivity contribution in [2.45, 2.75) is 38.5 Å². The molecule has 29 heavy (non-hydrogen) atoms. The number of halogens is 1. The van der Waals surface area contributed by atoms with Gasteiger partial charge < -0.3 is 5.32 Å². The van der Waals surface area contributed by atoms with E-state index in [0.717, 1.165) is 61.1 Å². The van der Waals surface area contributed by atoms with Crippen LogP contribution in [-0.2, 0) is 17.6 Å². The molecule has 3 aromatic rings. The van der Waals surface area contributed by atoms with Gasteiger partial charge >= 0.3 is 0 Å². The van der Waals surface area contributed by atoms with E-state index in [4.69, 9.17) is 4.98 Å². The lowest BCUT2D eigenvalue weighted by Gasteiger charge is -2.17. The van der Waals surface area contributed by atoms with E-state index in [1.165, 1.54) is 17.7 Å². The molecule has 4 nitrogen and oxygen atoms in total. The second kappa shape index (κ2) is 8.95. The number of hydrogen-bond acceptors (Lipinski definition) is 4. The number of pyridine rings is 2. The van der Waals surface area contributed by atoms with Crippen LogP contribution in [0.4, 0.5) is 10.2 Å². The summed E-state index contributed by atoms with van der Waals surface area (Å²) in [5.74, 6) is 0.828. The molecule has 0 amide bonds. The zero-order valence-corrected chi connectivity index (χ0v) is 16.3. The van der Waals surface area contributed by atoms with E-state index in [1.54, 1.807) is 24.4 Å². The third-order valence-electron chi connectivity index (χ3n) is 5.19. The maximum absolute atomic E-state index is 13.2. The van der Waals surface area contributed by atoms with Crippen molar-refractivity contribution in [3.63, 3.8) is 0 Å². The van der Waals surface area contributed by atoms with E-state index < -0.39 is 0 Å². The molecule has 1 aromatic carbocycles. The maximum atomic E-state index is 13.2. The number of nitrogens with one attached hydrogen (secondary N) is 1. The topological polar surface area (TPSA) is 54.9 Å². The number of carbonyl (C=O) groups is 1. The van der Waals surface area contributed by atoms with Gasteiger partial charge in [-0.15, -0.1) is 0 Å². The number of fused-ring (bicyclic) bond motifs is 2. The molecule has 0 atom stereocenters. The van der Waals surface area contributed by atoms with Gasteiger partial charge in [-0.05, 0) is 79.6 Å². The van der Waals surface area contributed by atoms with Gasteiger partial charge in [-0.1, -0.05) is 6.07 Å². The number of hydrogen-bond donors (Lipinski definition) is 1. The van der Waals surface area contributed by atoms with Gasteiger partial charge in [0.25, 0.3) is 0 Å². The number of rotatable bonds is 7. The summed E-state index contributed by atoms with van der Waals surface area (Å²) in [6.07, 6.45) is 10.5. The molecule has 148 valence electrons. The smallest absolute Gasteiger partial charge is 0.155 e. The number of ketones is 1. The Hall–Kier alpha value is -3.08. The van der Waals surface area contributed by atoms with E-state index in [0.29, 0.717) is 11.9 Å². The van der Waals surface area contributed by atoms with Gasteiger partial charge in [-0.25, -0.2) is 9.37 Å². The Kier molecular flexibility index (Phi) is 5.94. The summed E-state index contributed by atoms with van der Waals surface area (Å²) in [6.45, 7) is 0.994. The molecule has 0 spiro atoms. The van der Waals surface area contributed by atoms with Crippen molar-refractivity contribution < 1.29 is 9.18 Å². The standard InChI is InChI=1S/C24H24FN3O/c25-20-10-8-19-14-17(16-27-23(19)15-20)7-12-22(29)6-2-1-5-21-11-9-18-4-3-13-26-24(18)28-21/h7-12,14-16H,1-6,13H2,(H,26,28). The van der Waals surface area contributed by atoms with E-state index in [2.05, 4.69) is 22.4 Å². The summed E-state index contributed by atoms with van der Waals surface area (Å²) in [7, 11) is 0. The lowest BCUT2D eigenvalue weighted by Crippen LogP contribution is -2.14. The average Bonchev–Trinajstić information content (AvgIpc) is 2.75. The number of aryl methyl sites for hydroxylation is 2. The second-order valence-corrected chi connectivity index (χ2v) is 7.45. The van der Waals surface area contributed by atoms with E-state index >= 15 is 0 Å². The Labute approximate surface area is 169 Å². The van der Waals surface area contributed by atoms with Crippen LogP contribution in [0.3, 0.4) is 0 Å². The molecular weight excluding hydrogens is 365 g/mol. The largest absolute Gasteiger partial charge is 0.370 e. The Bertz CT molecular complexity index is 1060. The van der Waals surface area contributed by atoms with Crippen LogP contribution in [-0.4, -0.2) is 22.3 Å². The molecule has 0 unspecified atom stereocenters. The number of allylic oxidation sites excluding steroid dienone is 1. The summed E-state index contributed by atoms with van der Waals surface area (Å²) in [5.41, 5.74) is 3.83. The van der Waals surface area contributed by atoms with Gasteiger partial charge in [0.15, 0.2) is 5.78 Å². The molecule has 1 aliphatic heterocycles. The zero-order valence-electron chi connectivity index (χ0n) is 16.3. The summed E-state index contributed by atoms with van der Waals surface area (Å²) < 4.78 is 13.2. The van der Waals surface area contributed by atoms with Crippen molar-refractivity contribution in [1.29, 1.82) is 0 Å². The van der Waals surface area contributed by atoms with Crippen molar-refractivity contribution in [2.24, 2.45) is 0 Å². The van der Waals surface area contributed by atoms with E-state index in [9.17, 15) is 9.18 Å². The molecular formula is C24H24FN3O. The molecule has 0 radical (unpaired) electrons. The molecule has 3 heterocycles. The van der Waals surface area contributed by atoms with Crippen LogP contribution in [0.15, 0.2) is 48.7 Å². The van der Waals surface area contributed by atoms with Crippen molar-refractivity contribution in [3.8, 4) is 0 Å². The van der Waals surface area contributed by atoms with Crippen LogP contribution in [0.1, 0.15) is 42.5 Å². The maximum Gasteiger partial charge on any atom is 0.155 e. The lowest BCUT2D eigenvalue weighted by atomic mass is 10.0. The number of nitrogens with zero attached hydrogens (tertiary/aromatic N) is 2. The Balaban J connectivity index is 1.25. The fourth-order valence-corrected chi connectivity index (χ4v) is 3.59. The van der Waals surface area contributed by atoms with Crippen LogP contribution in [0.25, 0.3) is 17.0 Å². The minimum Gasteiger partial charge on any atom is -0.370 e. The van der Waals surface area contributed by atoms with Gasteiger partial charge in [0.05, 0.1) is 5.52 Å². The number of unbranched alkanes of at least 4 members (excludes halogenated alkanes) is 1. The number of aromatic nitrogens is 2. The normalized spacial score (nSPS) is 13.4. The Morgan fingerprint density at radius 3 is 3.03 bits per heavy atom. The first-order chi connectivity index (χ1) is 14.2. The fraction of sp³-hybridized carbons (Fsp3) is 0.292. The van der Waals surface area contributed by atoms with Gasteiger partial charge in [0.1, 0.15) is 11.6 Å². The number of anilines is 1. The van der Waals surface area contributed by atoms with Crippen LogP contribution in [0, 0.1) is 5.82 Å². The number of carbonyl (C=O) groups excluding carboxylic acids is 1. The SMILES string of the molecule is O=C(C=Cc1cnc2cc(F)ccc2c1)CCCCc1ccc2c(n1)NCCC2. The minimum atomic E-state index is -0.301. The van der Waals surface area contributed by atoms with Crippen LogP contribution in [0.2, 0.25) is 0 Å². The third kappa shape index (κ3) is 5.05. The average molecular weight is 389 g/mol. The molecule has 5 heteroatoms. The van der Waals surface area contributed by atoms with Gasteiger partial charge in [-0.2, -0.15) is 0 Å². The first-order valence-corrected chi connectivity index (χ1v) is 10.2. The quantitative estimate of drug-likeness (QED) is 0.450. The minimum absolute atomic E-state index is 0.101. The molecule has 4 rings (SSSR count). The van der Waals surface area contributed by atoms with Crippen LogP contribution in [0.5, 0.6) is 0 Å². The molecule has 1 aliphatic rings. The molecule has 0 bridgehead atoms. The first-order valence-electron chi connectivity index (χ1n) is 10.2. The fourth-order valence-electron chi connectivity index (χ4n) is 3.59. The second-order valence-electron chi connectivity index (χ2n) is 7.45. The lowest BCUT2D eigenvalue weighted by molar-refractivity contribution is -0.114. The predicted molar refractivity (Wildman–Crippen MR) is 114 cm³/mol. The van der Waals surface area contributed by atoms with Crippen molar-refractivity contribution in [1.82, 2.24) is 9.97 Å². The molecule has 0 saturated heterocycles. The highest BCUT2D eigenvalue weighted by atomic mass is 19.1. The first kappa shape index (κ1) is 19.2. The summed E-state index contributed by atoms with van der Waals surface area (Å²) in [4.78, 5) is 21.1. The molecule has 0 aliphatic carbocycles. The highest BCUT2D eigenvalue weighted by Gasteiger charge is 2.10. The highest BCUT2D eigenvalue weighted by Crippen LogP contribution is 2.20. The van der Waals surface area contributed by atoms with E-state index in [1.807, 2.05) is 6.07 Å². The van der Waals surface area contributed by atoms with Crippen LogP contribution >= 0.6 is 0 Å². The van der Waals surface area contributed by atoms with Gasteiger partial charge in [-0.3, -0.25) is 9.78 Å². The highest BCUT2D eigenvalue weighted by molar-refractivity contribution is 5.94. The van der Waals surface area contributed by atoms with Crippen molar-refractivity contribution in [3.05, 3.63) is 71.3 Å². The van der Waals surface area contributed by atoms with E-state index in [-0.39, 0.29) is 11.6 Å². The summed E-state index contributed by atoms with van der Waals surface area (Å²) >= 11 is 0. The Morgan fingerprint density at radius 1 is 1.17 bits per heavy atom. The predicted octanol–water partition coefficient (Wildman–Crippen LogP) is 5.12. The molecule has 0 fully saturated rings. The van der Waals surface area contributed by atoms with Gasteiger partial charge in [0, 0.05) is 36.3 Å². The van der Waals surface area contributed by atoms with Gasteiger partial charge in [0.2, 0.25) is 0 Å². The van der Waals surface area contributed by atoms with Crippen molar-refractivity contribution in [2.75, 3.05) is 11.9 Å². The monoisotopic (exact) mass is 389 g/mol. The Morgan fingerprint density at radius 2 is 2.10 bits per heavy atom. The summed E-state index contributed by atoms with van der Waals surface area (Å²) in [5, 5.41) is 4.21. The van der Waals surface area contributed by atoms with Crippen LogP contribution < -0.4 is 5.32 Å². The van der Waals surface area contributed by atoms with Crippen molar-refractivity contribution >= 4 is 28.6 Å².